The average Bonchev–Trinajstić information content (AvgIpc) is 2.29. The number of esters is 2. The molecular formula is C16H20O4. The molecule has 0 fully saturated rings. The molecule has 108 valence electrons. The Hall–Kier alpha value is -1.84. The molecule has 0 atom stereocenters. The third-order valence-electron chi connectivity index (χ3n) is 3.91. The van der Waals surface area contributed by atoms with Crippen LogP contribution in [-0.2, 0) is 15.0 Å². The van der Waals surface area contributed by atoms with Crippen molar-refractivity contribution in [1.82, 2.24) is 0 Å². The summed E-state index contributed by atoms with van der Waals surface area (Å²) in [4.78, 5) is 23.1. The van der Waals surface area contributed by atoms with E-state index >= 15 is 0 Å². The van der Waals surface area contributed by atoms with Crippen LogP contribution in [0, 0.1) is 20.8 Å². The van der Waals surface area contributed by atoms with Crippen LogP contribution in [0.3, 0.4) is 0 Å². The molecule has 20 heavy (non-hydrogen) atoms. The molecule has 1 aromatic rings. The molecule has 1 heterocycles. The number of carbonyl (C=O) groups is 2. The van der Waals surface area contributed by atoms with E-state index in [-0.39, 0.29) is 17.4 Å². The van der Waals surface area contributed by atoms with Crippen molar-refractivity contribution < 1.29 is 19.1 Å². The van der Waals surface area contributed by atoms with E-state index in [4.69, 9.17) is 9.47 Å². The van der Waals surface area contributed by atoms with Crippen LogP contribution in [0.4, 0.5) is 0 Å². The highest BCUT2D eigenvalue weighted by Gasteiger charge is 2.38. The molecule has 0 saturated carbocycles. The Morgan fingerprint density at radius 1 is 1.15 bits per heavy atom. The summed E-state index contributed by atoms with van der Waals surface area (Å²) in [5.74, 6) is 0.641. The van der Waals surface area contributed by atoms with Gasteiger partial charge in [0.1, 0.15) is 11.5 Å². The van der Waals surface area contributed by atoms with Gasteiger partial charge in [0.05, 0.1) is 6.42 Å². The van der Waals surface area contributed by atoms with Crippen molar-refractivity contribution in [3.8, 4) is 11.5 Å². The summed E-state index contributed by atoms with van der Waals surface area (Å²) in [6.45, 7) is 11.1. The van der Waals surface area contributed by atoms with Crippen molar-refractivity contribution in [3.05, 3.63) is 22.3 Å². The summed E-state index contributed by atoms with van der Waals surface area (Å²) in [6.07, 6.45) is 0.322. The molecule has 1 aliphatic rings. The van der Waals surface area contributed by atoms with Gasteiger partial charge in [0.15, 0.2) is 0 Å². The smallest absolute Gasteiger partial charge is 0.312 e. The Kier molecular flexibility index (Phi) is 3.36. The second-order valence-electron chi connectivity index (χ2n) is 6.04. The fourth-order valence-corrected chi connectivity index (χ4v) is 2.93. The van der Waals surface area contributed by atoms with Gasteiger partial charge in [-0.25, -0.2) is 0 Å². The van der Waals surface area contributed by atoms with Crippen molar-refractivity contribution in [2.24, 2.45) is 0 Å². The van der Waals surface area contributed by atoms with Gasteiger partial charge in [-0.15, -0.1) is 0 Å². The molecule has 0 aromatic heterocycles. The van der Waals surface area contributed by atoms with E-state index in [2.05, 4.69) is 0 Å². The molecule has 0 unspecified atom stereocenters. The minimum absolute atomic E-state index is 0.218. The highest BCUT2D eigenvalue weighted by Crippen LogP contribution is 2.47. The van der Waals surface area contributed by atoms with Gasteiger partial charge in [0.2, 0.25) is 0 Å². The highest BCUT2D eigenvalue weighted by molar-refractivity contribution is 5.81. The first-order chi connectivity index (χ1) is 9.15. The number of carbonyl (C=O) groups excluding carboxylic acids is 2. The molecule has 0 amide bonds. The minimum atomic E-state index is -0.346. The zero-order valence-corrected chi connectivity index (χ0v) is 12.8. The van der Waals surface area contributed by atoms with Gasteiger partial charge in [-0.1, -0.05) is 13.8 Å². The summed E-state index contributed by atoms with van der Waals surface area (Å²) in [5.41, 5.74) is 3.18. The van der Waals surface area contributed by atoms with E-state index in [1.165, 1.54) is 6.92 Å². The molecule has 2 rings (SSSR count). The van der Waals surface area contributed by atoms with Crippen LogP contribution < -0.4 is 9.47 Å². The average molecular weight is 276 g/mol. The van der Waals surface area contributed by atoms with Gasteiger partial charge in [0, 0.05) is 17.9 Å². The number of benzene rings is 1. The number of fused-ring (bicyclic) bond motifs is 1. The lowest BCUT2D eigenvalue weighted by Crippen LogP contribution is -2.32. The van der Waals surface area contributed by atoms with Crippen LogP contribution in [0.1, 0.15) is 49.4 Å². The second-order valence-corrected chi connectivity index (χ2v) is 6.04. The number of hydrogen-bond acceptors (Lipinski definition) is 4. The molecule has 4 nitrogen and oxygen atoms in total. The van der Waals surface area contributed by atoms with Crippen LogP contribution in [0.15, 0.2) is 0 Å². The summed E-state index contributed by atoms with van der Waals surface area (Å²) in [6, 6.07) is 0. The minimum Gasteiger partial charge on any atom is -0.426 e. The first-order valence-corrected chi connectivity index (χ1v) is 6.68. The van der Waals surface area contributed by atoms with E-state index < -0.39 is 0 Å². The Labute approximate surface area is 119 Å². The monoisotopic (exact) mass is 276 g/mol. The van der Waals surface area contributed by atoms with E-state index in [1.54, 1.807) is 0 Å². The van der Waals surface area contributed by atoms with E-state index in [0.29, 0.717) is 17.9 Å². The standard InChI is InChI=1S/C16H20O4/c1-8-9(2)15-13(10(3)14(8)19-11(4)17)16(5,6)7-12(18)20-15/h7H2,1-6H3. The van der Waals surface area contributed by atoms with Crippen molar-refractivity contribution >= 4 is 11.9 Å². The quantitative estimate of drug-likeness (QED) is 0.584. The van der Waals surface area contributed by atoms with Crippen molar-refractivity contribution in [2.45, 2.75) is 53.4 Å². The maximum absolute atomic E-state index is 11.8. The zero-order chi connectivity index (χ0) is 15.2. The molecule has 0 bridgehead atoms. The van der Waals surface area contributed by atoms with Gasteiger partial charge in [-0.3, -0.25) is 9.59 Å². The van der Waals surface area contributed by atoms with Crippen LogP contribution in [0.5, 0.6) is 11.5 Å². The number of ether oxygens (including phenoxy) is 2. The van der Waals surface area contributed by atoms with Crippen LogP contribution >= 0.6 is 0 Å². The van der Waals surface area contributed by atoms with Crippen LogP contribution in [0.2, 0.25) is 0 Å². The maximum Gasteiger partial charge on any atom is 0.312 e. The van der Waals surface area contributed by atoms with Gasteiger partial charge < -0.3 is 9.47 Å². The lowest BCUT2D eigenvalue weighted by atomic mass is 9.75. The largest absolute Gasteiger partial charge is 0.426 e. The van der Waals surface area contributed by atoms with E-state index in [0.717, 1.165) is 22.3 Å². The summed E-state index contributed by atoms with van der Waals surface area (Å²) >= 11 is 0. The van der Waals surface area contributed by atoms with Crippen LogP contribution in [-0.4, -0.2) is 11.9 Å². The van der Waals surface area contributed by atoms with Gasteiger partial charge in [-0.2, -0.15) is 0 Å². The molecule has 4 heteroatoms. The third kappa shape index (κ3) is 2.19. The van der Waals surface area contributed by atoms with Gasteiger partial charge >= 0.3 is 11.9 Å². The number of hydrogen-bond donors (Lipinski definition) is 0. The summed E-state index contributed by atoms with van der Waals surface area (Å²) < 4.78 is 10.8. The first kappa shape index (κ1) is 14.6. The maximum atomic E-state index is 11.8. The molecule has 1 aromatic carbocycles. The van der Waals surface area contributed by atoms with Gasteiger partial charge in [0.25, 0.3) is 0 Å². The topological polar surface area (TPSA) is 52.6 Å². The summed E-state index contributed by atoms with van der Waals surface area (Å²) in [7, 11) is 0. The van der Waals surface area contributed by atoms with Crippen molar-refractivity contribution in [2.75, 3.05) is 0 Å². The highest BCUT2D eigenvalue weighted by atomic mass is 16.5. The first-order valence-electron chi connectivity index (χ1n) is 6.68. The molecular weight excluding hydrogens is 256 g/mol. The Balaban J connectivity index is 2.77. The fraction of sp³-hybridized carbons (Fsp3) is 0.500. The van der Waals surface area contributed by atoms with Gasteiger partial charge in [-0.05, 0) is 37.5 Å². The Bertz CT molecular complexity index is 612. The third-order valence-corrected chi connectivity index (χ3v) is 3.91. The van der Waals surface area contributed by atoms with Crippen molar-refractivity contribution in [3.63, 3.8) is 0 Å². The lowest BCUT2D eigenvalue weighted by molar-refractivity contribution is -0.137. The molecule has 0 N–H and O–H groups in total. The number of rotatable bonds is 1. The molecule has 1 aliphatic heterocycles. The predicted octanol–water partition coefficient (Wildman–Crippen LogP) is 3.12. The summed E-state index contributed by atoms with van der Waals surface area (Å²) in [5, 5.41) is 0. The normalized spacial score (nSPS) is 16.4. The fourth-order valence-electron chi connectivity index (χ4n) is 2.93. The molecule has 0 aliphatic carbocycles. The lowest BCUT2D eigenvalue weighted by Gasteiger charge is -2.34. The zero-order valence-electron chi connectivity index (χ0n) is 12.8. The van der Waals surface area contributed by atoms with E-state index in [9.17, 15) is 9.59 Å². The predicted molar refractivity (Wildman–Crippen MR) is 75.2 cm³/mol. The Morgan fingerprint density at radius 2 is 1.75 bits per heavy atom. The van der Waals surface area contributed by atoms with Crippen LogP contribution in [0.25, 0.3) is 0 Å². The molecule has 0 saturated heterocycles. The molecule has 0 radical (unpaired) electrons. The SMILES string of the molecule is CC(=O)Oc1c(C)c(C)c2c(c1C)C(C)(C)CC(=O)O2. The van der Waals surface area contributed by atoms with Crippen molar-refractivity contribution in [1.29, 1.82) is 0 Å². The Morgan fingerprint density at radius 3 is 2.30 bits per heavy atom. The second kappa shape index (κ2) is 4.62. The van der Waals surface area contributed by atoms with E-state index in [1.807, 2.05) is 34.6 Å². The molecule has 0 spiro atoms.